The van der Waals surface area contributed by atoms with E-state index >= 15 is 0 Å². The van der Waals surface area contributed by atoms with Gasteiger partial charge in [-0.15, -0.1) is 0 Å². The van der Waals surface area contributed by atoms with Gasteiger partial charge in [-0.05, 0) is 30.3 Å². The third-order valence-electron chi connectivity index (χ3n) is 4.23. The van der Waals surface area contributed by atoms with Crippen LogP contribution in [0, 0.1) is 0 Å². The summed E-state index contributed by atoms with van der Waals surface area (Å²) < 4.78 is 5.43. The second-order valence-corrected chi connectivity index (χ2v) is 6.20. The molecule has 0 aliphatic rings. The second-order valence-electron chi connectivity index (χ2n) is 6.20. The fourth-order valence-corrected chi connectivity index (χ4v) is 2.98. The Balaban J connectivity index is 1.46. The fraction of sp³-hybridized carbons (Fsp3) is 0.211. The summed E-state index contributed by atoms with van der Waals surface area (Å²) >= 11 is 0. The van der Waals surface area contributed by atoms with Crippen LogP contribution in [0.2, 0.25) is 0 Å². The molecule has 0 atom stereocenters. The summed E-state index contributed by atoms with van der Waals surface area (Å²) in [6.07, 6.45) is 4.86. The van der Waals surface area contributed by atoms with Crippen LogP contribution in [0.3, 0.4) is 0 Å². The number of imidazole rings is 1. The Labute approximate surface area is 151 Å². The highest BCUT2D eigenvalue weighted by Crippen LogP contribution is 2.18. The molecular weight excluding hydrogens is 328 g/mol. The van der Waals surface area contributed by atoms with E-state index in [1.165, 1.54) is 17.5 Å². The number of furan rings is 1. The average Bonchev–Trinajstić information content (AvgIpc) is 3.32. The van der Waals surface area contributed by atoms with Crippen molar-refractivity contribution in [3.05, 3.63) is 72.2 Å². The molecule has 0 saturated heterocycles. The molecule has 132 valence electrons. The van der Waals surface area contributed by atoms with Gasteiger partial charge in [0.05, 0.1) is 19.1 Å². The van der Waals surface area contributed by atoms with E-state index in [-0.39, 0.29) is 0 Å². The standard InChI is InChI=1S/C19H20N6O/c1-25(11-16-7-4-8-26-16)10-15-6-3-2-5-14(15)9-20-18-17-19(22-12-21-17)24-13-23-18/h2-8,12-13H,9-11H2,1H3,(H2,20,21,22,23,24). The van der Waals surface area contributed by atoms with Gasteiger partial charge in [-0.1, -0.05) is 24.3 Å². The van der Waals surface area contributed by atoms with Crippen LogP contribution in [0.1, 0.15) is 16.9 Å². The molecule has 0 bridgehead atoms. The molecule has 7 nitrogen and oxygen atoms in total. The zero-order valence-corrected chi connectivity index (χ0v) is 14.5. The first-order chi connectivity index (χ1) is 12.8. The Morgan fingerprint density at radius 1 is 1.04 bits per heavy atom. The minimum Gasteiger partial charge on any atom is -0.468 e. The first-order valence-electron chi connectivity index (χ1n) is 8.45. The van der Waals surface area contributed by atoms with Crippen molar-refractivity contribution in [2.45, 2.75) is 19.6 Å². The lowest BCUT2D eigenvalue weighted by Crippen LogP contribution is -2.18. The second kappa shape index (κ2) is 7.37. The van der Waals surface area contributed by atoms with Crippen molar-refractivity contribution in [2.24, 2.45) is 0 Å². The van der Waals surface area contributed by atoms with Gasteiger partial charge in [-0.2, -0.15) is 0 Å². The van der Waals surface area contributed by atoms with Gasteiger partial charge >= 0.3 is 0 Å². The van der Waals surface area contributed by atoms with Gasteiger partial charge in [0.25, 0.3) is 0 Å². The number of H-pyrrole nitrogens is 1. The largest absolute Gasteiger partial charge is 0.468 e. The molecule has 0 aliphatic carbocycles. The number of aromatic amines is 1. The van der Waals surface area contributed by atoms with Gasteiger partial charge in [0, 0.05) is 13.1 Å². The number of rotatable bonds is 7. The highest BCUT2D eigenvalue weighted by molar-refractivity contribution is 5.81. The molecule has 0 saturated carbocycles. The zero-order chi connectivity index (χ0) is 17.8. The summed E-state index contributed by atoms with van der Waals surface area (Å²) in [5.41, 5.74) is 3.97. The van der Waals surface area contributed by atoms with Crippen molar-refractivity contribution in [1.82, 2.24) is 24.8 Å². The number of hydrogen-bond acceptors (Lipinski definition) is 6. The van der Waals surface area contributed by atoms with Crippen molar-refractivity contribution in [1.29, 1.82) is 0 Å². The minimum atomic E-state index is 0.661. The number of nitrogens with zero attached hydrogens (tertiary/aromatic N) is 4. The number of anilines is 1. The maximum absolute atomic E-state index is 5.43. The molecule has 0 aliphatic heterocycles. The molecule has 3 heterocycles. The lowest BCUT2D eigenvalue weighted by atomic mass is 10.1. The molecular formula is C19H20N6O. The summed E-state index contributed by atoms with van der Waals surface area (Å²) in [6.45, 7) is 2.28. The van der Waals surface area contributed by atoms with Crippen molar-refractivity contribution in [3.8, 4) is 0 Å². The van der Waals surface area contributed by atoms with Gasteiger partial charge in [0.1, 0.15) is 17.6 Å². The van der Waals surface area contributed by atoms with E-state index in [2.05, 4.69) is 61.5 Å². The first-order valence-corrected chi connectivity index (χ1v) is 8.45. The number of benzene rings is 1. The fourth-order valence-electron chi connectivity index (χ4n) is 2.98. The average molecular weight is 348 g/mol. The maximum Gasteiger partial charge on any atom is 0.182 e. The molecule has 0 spiro atoms. The van der Waals surface area contributed by atoms with Crippen LogP contribution in [-0.4, -0.2) is 31.9 Å². The van der Waals surface area contributed by atoms with Gasteiger partial charge in [-0.25, -0.2) is 15.0 Å². The minimum absolute atomic E-state index is 0.661. The van der Waals surface area contributed by atoms with Crippen LogP contribution in [0.5, 0.6) is 0 Å². The highest BCUT2D eigenvalue weighted by atomic mass is 16.3. The Morgan fingerprint density at radius 2 is 1.92 bits per heavy atom. The van der Waals surface area contributed by atoms with Crippen LogP contribution < -0.4 is 5.32 Å². The number of fused-ring (bicyclic) bond motifs is 1. The number of nitrogens with one attached hydrogen (secondary N) is 2. The topological polar surface area (TPSA) is 82.9 Å². The van der Waals surface area contributed by atoms with Gasteiger partial charge in [-0.3, -0.25) is 4.90 Å². The quantitative estimate of drug-likeness (QED) is 0.534. The lowest BCUT2D eigenvalue weighted by Gasteiger charge is -2.18. The normalized spacial score (nSPS) is 11.3. The number of aromatic nitrogens is 4. The smallest absolute Gasteiger partial charge is 0.182 e. The van der Waals surface area contributed by atoms with Gasteiger partial charge in [0.15, 0.2) is 11.5 Å². The Morgan fingerprint density at radius 3 is 2.77 bits per heavy atom. The van der Waals surface area contributed by atoms with Crippen LogP contribution in [0.15, 0.2) is 59.7 Å². The van der Waals surface area contributed by atoms with Crippen molar-refractivity contribution in [2.75, 3.05) is 12.4 Å². The predicted octanol–water partition coefficient (Wildman–Crippen LogP) is 3.19. The molecule has 2 N–H and O–H groups in total. The van der Waals surface area contributed by atoms with Crippen LogP contribution in [0.4, 0.5) is 5.82 Å². The highest BCUT2D eigenvalue weighted by Gasteiger charge is 2.09. The molecule has 4 aromatic rings. The van der Waals surface area contributed by atoms with E-state index < -0.39 is 0 Å². The van der Waals surface area contributed by atoms with E-state index in [0.717, 1.165) is 30.2 Å². The molecule has 0 radical (unpaired) electrons. The maximum atomic E-state index is 5.43. The van der Waals surface area contributed by atoms with Crippen LogP contribution >= 0.6 is 0 Å². The zero-order valence-electron chi connectivity index (χ0n) is 14.5. The summed E-state index contributed by atoms with van der Waals surface area (Å²) in [4.78, 5) is 17.9. The first kappa shape index (κ1) is 16.3. The van der Waals surface area contributed by atoms with Crippen molar-refractivity contribution in [3.63, 3.8) is 0 Å². The van der Waals surface area contributed by atoms with Crippen molar-refractivity contribution < 1.29 is 4.42 Å². The monoisotopic (exact) mass is 348 g/mol. The van der Waals surface area contributed by atoms with Crippen LogP contribution in [-0.2, 0) is 19.6 Å². The SMILES string of the molecule is CN(Cc1ccco1)Cc1ccccc1CNc1ncnc2nc[nH]c12. The molecule has 1 aromatic carbocycles. The van der Waals surface area contributed by atoms with E-state index in [4.69, 9.17) is 4.42 Å². The molecule has 3 aromatic heterocycles. The molecule has 0 unspecified atom stereocenters. The Kier molecular flexibility index (Phi) is 4.61. The Bertz CT molecular complexity index is 979. The Hall–Kier alpha value is -3.19. The van der Waals surface area contributed by atoms with E-state index in [1.54, 1.807) is 12.6 Å². The summed E-state index contributed by atoms with van der Waals surface area (Å²) in [6, 6.07) is 12.3. The van der Waals surface area contributed by atoms with E-state index in [9.17, 15) is 0 Å². The van der Waals surface area contributed by atoms with Crippen LogP contribution in [0.25, 0.3) is 11.2 Å². The van der Waals surface area contributed by atoms with E-state index in [1.807, 2.05) is 12.1 Å². The van der Waals surface area contributed by atoms with Gasteiger partial charge in [0.2, 0.25) is 0 Å². The summed E-state index contributed by atoms with van der Waals surface area (Å²) in [7, 11) is 2.09. The van der Waals surface area contributed by atoms with Crippen molar-refractivity contribution >= 4 is 17.0 Å². The lowest BCUT2D eigenvalue weighted by molar-refractivity contribution is 0.287. The van der Waals surface area contributed by atoms with E-state index in [0.29, 0.717) is 12.2 Å². The molecule has 7 heteroatoms. The summed E-state index contributed by atoms with van der Waals surface area (Å²) in [5.74, 6) is 1.72. The molecule has 0 fully saturated rings. The third-order valence-corrected chi connectivity index (χ3v) is 4.23. The molecule has 4 rings (SSSR count). The van der Waals surface area contributed by atoms with Gasteiger partial charge < -0.3 is 14.7 Å². The predicted molar refractivity (Wildman–Crippen MR) is 99.3 cm³/mol. The molecule has 0 amide bonds. The third kappa shape index (κ3) is 3.57. The number of hydrogen-bond donors (Lipinski definition) is 2. The summed E-state index contributed by atoms with van der Waals surface area (Å²) in [5, 5.41) is 3.39. The molecule has 26 heavy (non-hydrogen) atoms.